The number of rotatable bonds is 4. The van der Waals surface area contributed by atoms with Gasteiger partial charge in [-0.3, -0.25) is 9.80 Å². The second kappa shape index (κ2) is 5.55. The third-order valence-electron chi connectivity index (χ3n) is 3.86. The van der Waals surface area contributed by atoms with Gasteiger partial charge in [0.2, 0.25) is 0 Å². The van der Waals surface area contributed by atoms with Gasteiger partial charge in [-0.1, -0.05) is 0 Å². The van der Waals surface area contributed by atoms with E-state index in [9.17, 15) is 0 Å². The molecule has 2 aliphatic heterocycles. The number of piperazine rings is 1. The standard InChI is InChI=1S/C12H24N2S/c1-11-9-14-6-3-5-12(14)10-13(11)7-4-8-15-2/h11-12H,3-10H2,1-2H3. The molecule has 0 amide bonds. The molecule has 2 heterocycles. The van der Waals surface area contributed by atoms with Crippen LogP contribution in [0.5, 0.6) is 0 Å². The summed E-state index contributed by atoms with van der Waals surface area (Å²) >= 11 is 1.97. The van der Waals surface area contributed by atoms with Gasteiger partial charge in [-0.15, -0.1) is 0 Å². The molecule has 2 unspecified atom stereocenters. The molecule has 0 spiro atoms. The summed E-state index contributed by atoms with van der Waals surface area (Å²) in [5, 5.41) is 0. The minimum Gasteiger partial charge on any atom is -0.298 e. The van der Waals surface area contributed by atoms with Crippen molar-refractivity contribution >= 4 is 11.8 Å². The molecule has 0 aromatic heterocycles. The summed E-state index contributed by atoms with van der Waals surface area (Å²) < 4.78 is 0. The van der Waals surface area contributed by atoms with Crippen molar-refractivity contribution in [2.24, 2.45) is 0 Å². The van der Waals surface area contributed by atoms with Crippen molar-refractivity contribution in [3.63, 3.8) is 0 Å². The Balaban J connectivity index is 1.79. The van der Waals surface area contributed by atoms with Crippen LogP contribution in [0.2, 0.25) is 0 Å². The Morgan fingerprint density at radius 3 is 3.00 bits per heavy atom. The Labute approximate surface area is 98.4 Å². The molecule has 2 fully saturated rings. The fourth-order valence-corrected chi connectivity index (χ4v) is 3.39. The lowest BCUT2D eigenvalue weighted by Gasteiger charge is -2.42. The van der Waals surface area contributed by atoms with Crippen LogP contribution in [0.25, 0.3) is 0 Å². The molecule has 2 saturated heterocycles. The van der Waals surface area contributed by atoms with Gasteiger partial charge in [-0.25, -0.2) is 0 Å². The first kappa shape index (κ1) is 11.7. The lowest BCUT2D eigenvalue weighted by Crippen LogP contribution is -2.55. The van der Waals surface area contributed by atoms with Crippen LogP contribution in [0.1, 0.15) is 26.2 Å². The Morgan fingerprint density at radius 1 is 1.33 bits per heavy atom. The van der Waals surface area contributed by atoms with E-state index in [4.69, 9.17) is 0 Å². The highest BCUT2D eigenvalue weighted by Gasteiger charge is 2.33. The zero-order valence-electron chi connectivity index (χ0n) is 10.1. The summed E-state index contributed by atoms with van der Waals surface area (Å²) in [5.41, 5.74) is 0. The molecule has 3 heteroatoms. The molecule has 88 valence electrons. The molecule has 15 heavy (non-hydrogen) atoms. The highest BCUT2D eigenvalue weighted by atomic mass is 32.2. The highest BCUT2D eigenvalue weighted by Crippen LogP contribution is 2.24. The van der Waals surface area contributed by atoms with Gasteiger partial charge in [0.15, 0.2) is 0 Å². The van der Waals surface area contributed by atoms with Crippen LogP contribution in [0, 0.1) is 0 Å². The molecule has 2 nitrogen and oxygen atoms in total. The first-order valence-electron chi connectivity index (χ1n) is 6.28. The second-order valence-corrected chi connectivity index (χ2v) is 5.97. The van der Waals surface area contributed by atoms with Crippen LogP contribution in [0.3, 0.4) is 0 Å². The molecule has 2 atom stereocenters. The van der Waals surface area contributed by atoms with Crippen LogP contribution < -0.4 is 0 Å². The summed E-state index contributed by atoms with van der Waals surface area (Å²) in [6, 6.07) is 1.66. The first-order valence-corrected chi connectivity index (χ1v) is 7.67. The number of hydrogen-bond donors (Lipinski definition) is 0. The minimum absolute atomic E-state index is 0.779. The van der Waals surface area contributed by atoms with Gasteiger partial charge < -0.3 is 0 Å². The van der Waals surface area contributed by atoms with E-state index in [0.717, 1.165) is 12.1 Å². The van der Waals surface area contributed by atoms with Crippen molar-refractivity contribution in [1.82, 2.24) is 9.80 Å². The Hall–Kier alpha value is 0.270. The molecular formula is C12H24N2S. The van der Waals surface area contributed by atoms with E-state index in [0.29, 0.717) is 0 Å². The Kier molecular flexibility index (Phi) is 4.35. The molecule has 0 bridgehead atoms. The lowest BCUT2D eigenvalue weighted by molar-refractivity contribution is 0.0600. The fraction of sp³-hybridized carbons (Fsp3) is 1.00. The van der Waals surface area contributed by atoms with Crippen molar-refractivity contribution in [3.8, 4) is 0 Å². The van der Waals surface area contributed by atoms with Crippen LogP contribution >= 0.6 is 11.8 Å². The molecule has 0 N–H and O–H groups in total. The third kappa shape index (κ3) is 2.89. The van der Waals surface area contributed by atoms with Crippen molar-refractivity contribution in [2.75, 3.05) is 38.2 Å². The van der Waals surface area contributed by atoms with Crippen molar-refractivity contribution in [3.05, 3.63) is 0 Å². The summed E-state index contributed by atoms with van der Waals surface area (Å²) in [6.45, 7) is 7.70. The smallest absolute Gasteiger partial charge is 0.0224 e. The normalized spacial score (nSPS) is 33.2. The lowest BCUT2D eigenvalue weighted by atomic mass is 10.1. The minimum atomic E-state index is 0.779. The first-order chi connectivity index (χ1) is 7.31. The average molecular weight is 228 g/mol. The number of hydrogen-bond acceptors (Lipinski definition) is 3. The molecule has 0 aromatic rings. The fourth-order valence-electron chi connectivity index (χ4n) is 2.97. The Bertz CT molecular complexity index is 198. The monoisotopic (exact) mass is 228 g/mol. The summed E-state index contributed by atoms with van der Waals surface area (Å²) in [7, 11) is 0. The van der Waals surface area contributed by atoms with E-state index in [1.54, 1.807) is 0 Å². The van der Waals surface area contributed by atoms with Gasteiger partial charge in [0.1, 0.15) is 0 Å². The van der Waals surface area contributed by atoms with Crippen LogP contribution in [-0.4, -0.2) is 60.1 Å². The number of fused-ring (bicyclic) bond motifs is 1. The topological polar surface area (TPSA) is 6.48 Å². The molecule has 0 saturated carbocycles. The maximum atomic E-state index is 2.71. The van der Waals surface area contributed by atoms with Gasteiger partial charge in [0, 0.05) is 25.2 Å². The highest BCUT2D eigenvalue weighted by molar-refractivity contribution is 7.98. The van der Waals surface area contributed by atoms with Gasteiger partial charge in [0.25, 0.3) is 0 Å². The average Bonchev–Trinajstić information content (AvgIpc) is 2.65. The van der Waals surface area contributed by atoms with Gasteiger partial charge >= 0.3 is 0 Å². The summed E-state index contributed by atoms with van der Waals surface area (Å²) in [6.07, 6.45) is 6.43. The Morgan fingerprint density at radius 2 is 2.20 bits per heavy atom. The predicted molar refractivity (Wildman–Crippen MR) is 68.6 cm³/mol. The molecule has 0 aliphatic carbocycles. The van der Waals surface area contributed by atoms with Crippen molar-refractivity contribution in [1.29, 1.82) is 0 Å². The van der Waals surface area contributed by atoms with Crippen LogP contribution in [-0.2, 0) is 0 Å². The second-order valence-electron chi connectivity index (χ2n) is 4.98. The predicted octanol–water partition coefficient (Wildman–Crippen LogP) is 1.91. The van der Waals surface area contributed by atoms with Gasteiger partial charge in [0.05, 0.1) is 0 Å². The van der Waals surface area contributed by atoms with Gasteiger partial charge in [-0.05, 0) is 51.3 Å². The van der Waals surface area contributed by atoms with E-state index in [-0.39, 0.29) is 0 Å². The number of thioether (sulfide) groups is 1. The largest absolute Gasteiger partial charge is 0.298 e. The number of nitrogens with zero attached hydrogens (tertiary/aromatic N) is 2. The zero-order valence-corrected chi connectivity index (χ0v) is 10.9. The van der Waals surface area contributed by atoms with E-state index in [2.05, 4.69) is 23.0 Å². The summed E-state index contributed by atoms with van der Waals surface area (Å²) in [5.74, 6) is 1.32. The van der Waals surface area contributed by atoms with E-state index in [1.807, 2.05) is 11.8 Å². The van der Waals surface area contributed by atoms with Crippen LogP contribution in [0.15, 0.2) is 0 Å². The molecule has 2 aliphatic rings. The maximum absolute atomic E-state index is 2.71. The molecular weight excluding hydrogens is 204 g/mol. The SMILES string of the molecule is CSCCCN1CC2CCCN2CC1C. The maximum Gasteiger partial charge on any atom is 0.0224 e. The van der Waals surface area contributed by atoms with Crippen molar-refractivity contribution in [2.45, 2.75) is 38.3 Å². The molecule has 2 rings (SSSR count). The molecule has 0 radical (unpaired) electrons. The van der Waals surface area contributed by atoms with E-state index >= 15 is 0 Å². The van der Waals surface area contributed by atoms with Crippen molar-refractivity contribution < 1.29 is 0 Å². The van der Waals surface area contributed by atoms with E-state index < -0.39 is 0 Å². The third-order valence-corrected chi connectivity index (χ3v) is 4.56. The quantitative estimate of drug-likeness (QED) is 0.679. The summed E-state index contributed by atoms with van der Waals surface area (Å²) in [4.78, 5) is 5.42. The van der Waals surface area contributed by atoms with E-state index in [1.165, 1.54) is 51.2 Å². The van der Waals surface area contributed by atoms with Gasteiger partial charge in [-0.2, -0.15) is 11.8 Å². The molecule has 0 aromatic carbocycles. The zero-order chi connectivity index (χ0) is 10.7. The van der Waals surface area contributed by atoms with Crippen LogP contribution in [0.4, 0.5) is 0 Å².